The van der Waals surface area contributed by atoms with Gasteiger partial charge < -0.3 is 4.74 Å². The average molecular weight is 226 g/mol. The molecule has 0 rings (SSSR count). The number of rotatable bonds is 1. The molecule has 0 unspecified atom stereocenters. The van der Waals surface area contributed by atoms with Gasteiger partial charge in [-0.25, -0.2) is 0 Å². The Morgan fingerprint density at radius 1 is 1.50 bits per heavy atom. The second kappa shape index (κ2) is 3.86. The standard InChI is InChI=1S/C4H4Cl4O2/c1-10-3(9)2(5)4(6,7)8/h2H,1H3/t2-/m0/s1. The van der Waals surface area contributed by atoms with Crippen LogP contribution in [0.15, 0.2) is 0 Å². The predicted octanol–water partition coefficient (Wildman–Crippen LogP) is 2.14. The van der Waals surface area contributed by atoms with Gasteiger partial charge in [-0.1, -0.05) is 34.8 Å². The number of ether oxygens (including phenoxy) is 1. The van der Waals surface area contributed by atoms with Crippen LogP contribution in [0.5, 0.6) is 0 Å². The number of carbonyl (C=O) groups excluding carboxylic acids is 1. The van der Waals surface area contributed by atoms with Crippen LogP contribution >= 0.6 is 46.4 Å². The molecule has 0 spiro atoms. The second-order valence-corrected chi connectivity index (χ2v) is 4.23. The summed E-state index contributed by atoms with van der Waals surface area (Å²) in [4.78, 5) is 10.6. The molecule has 0 radical (unpaired) electrons. The summed E-state index contributed by atoms with van der Waals surface area (Å²) in [5.74, 6) is -0.762. The van der Waals surface area contributed by atoms with Crippen molar-refractivity contribution in [2.75, 3.05) is 7.11 Å². The lowest BCUT2D eigenvalue weighted by molar-refractivity contribution is -0.140. The van der Waals surface area contributed by atoms with E-state index in [1.54, 1.807) is 0 Å². The molecule has 0 fully saturated rings. The molecule has 0 aliphatic heterocycles. The van der Waals surface area contributed by atoms with Gasteiger partial charge in [-0.15, -0.1) is 11.6 Å². The van der Waals surface area contributed by atoms with E-state index in [4.69, 9.17) is 46.4 Å². The van der Waals surface area contributed by atoms with Crippen LogP contribution in [-0.4, -0.2) is 22.2 Å². The zero-order valence-corrected chi connectivity index (χ0v) is 7.93. The smallest absolute Gasteiger partial charge is 0.328 e. The lowest BCUT2D eigenvalue weighted by atomic mass is 10.5. The zero-order chi connectivity index (χ0) is 8.36. The molecule has 0 aromatic rings. The molecule has 0 aromatic carbocycles. The van der Waals surface area contributed by atoms with E-state index in [0.717, 1.165) is 7.11 Å². The topological polar surface area (TPSA) is 26.3 Å². The maximum atomic E-state index is 10.6. The Hall–Kier alpha value is 0.630. The van der Waals surface area contributed by atoms with Crippen LogP contribution in [0.1, 0.15) is 0 Å². The number of hydrogen-bond acceptors (Lipinski definition) is 2. The average Bonchev–Trinajstić information content (AvgIpc) is 1.83. The highest BCUT2D eigenvalue weighted by atomic mass is 35.6. The molecule has 0 aromatic heterocycles. The van der Waals surface area contributed by atoms with Crippen molar-refractivity contribution in [3.05, 3.63) is 0 Å². The van der Waals surface area contributed by atoms with Gasteiger partial charge in [0.1, 0.15) is 0 Å². The normalized spacial score (nSPS) is 14.5. The van der Waals surface area contributed by atoms with E-state index in [1.165, 1.54) is 0 Å². The van der Waals surface area contributed by atoms with Crippen molar-refractivity contribution in [2.24, 2.45) is 0 Å². The first-order valence-corrected chi connectivity index (χ1v) is 3.75. The van der Waals surface area contributed by atoms with Gasteiger partial charge in [0.2, 0.25) is 3.79 Å². The van der Waals surface area contributed by atoms with Gasteiger partial charge in [-0.2, -0.15) is 0 Å². The Labute approximate surface area is 78.3 Å². The molecule has 0 saturated heterocycles. The fraction of sp³-hybridized carbons (Fsp3) is 0.750. The van der Waals surface area contributed by atoms with Crippen molar-refractivity contribution in [2.45, 2.75) is 9.17 Å². The molecule has 10 heavy (non-hydrogen) atoms. The van der Waals surface area contributed by atoms with Crippen LogP contribution in [0.2, 0.25) is 0 Å². The molecule has 0 aliphatic carbocycles. The second-order valence-electron chi connectivity index (χ2n) is 1.43. The quantitative estimate of drug-likeness (QED) is 0.505. The Morgan fingerprint density at radius 2 is 1.90 bits per heavy atom. The van der Waals surface area contributed by atoms with Crippen molar-refractivity contribution in [1.82, 2.24) is 0 Å². The van der Waals surface area contributed by atoms with Crippen LogP contribution in [0.3, 0.4) is 0 Å². The van der Waals surface area contributed by atoms with Crippen molar-refractivity contribution >= 4 is 52.4 Å². The van der Waals surface area contributed by atoms with Crippen LogP contribution < -0.4 is 0 Å². The van der Waals surface area contributed by atoms with E-state index >= 15 is 0 Å². The molecule has 2 nitrogen and oxygen atoms in total. The summed E-state index contributed by atoms with van der Waals surface area (Å²) in [6.07, 6.45) is 0. The van der Waals surface area contributed by atoms with Crippen molar-refractivity contribution in [1.29, 1.82) is 0 Å². The van der Waals surface area contributed by atoms with Gasteiger partial charge in [-0.3, -0.25) is 4.79 Å². The van der Waals surface area contributed by atoms with Crippen LogP contribution in [0, 0.1) is 0 Å². The molecular formula is C4H4Cl4O2. The first kappa shape index (κ1) is 10.6. The fourth-order valence-electron chi connectivity index (χ4n) is 0.237. The van der Waals surface area contributed by atoms with E-state index in [-0.39, 0.29) is 0 Å². The summed E-state index contributed by atoms with van der Waals surface area (Å²) >= 11 is 21.1. The van der Waals surface area contributed by atoms with Gasteiger partial charge in [0, 0.05) is 0 Å². The Kier molecular flexibility index (Phi) is 4.10. The van der Waals surface area contributed by atoms with Gasteiger partial charge in [0.15, 0.2) is 5.38 Å². The number of esters is 1. The fourth-order valence-corrected chi connectivity index (χ4v) is 0.593. The highest BCUT2D eigenvalue weighted by Gasteiger charge is 2.37. The van der Waals surface area contributed by atoms with Gasteiger partial charge in [0.05, 0.1) is 7.11 Å². The number of methoxy groups -OCH3 is 1. The highest BCUT2D eigenvalue weighted by Crippen LogP contribution is 2.34. The Bertz CT molecular complexity index is 130. The molecule has 0 saturated carbocycles. The summed E-state index contributed by atoms with van der Waals surface area (Å²) in [6.45, 7) is 0. The lowest BCUT2D eigenvalue weighted by Crippen LogP contribution is -2.29. The maximum Gasteiger partial charge on any atom is 0.328 e. The predicted molar refractivity (Wildman–Crippen MR) is 41.9 cm³/mol. The van der Waals surface area contributed by atoms with Crippen LogP contribution in [0.25, 0.3) is 0 Å². The molecule has 0 amide bonds. The monoisotopic (exact) mass is 224 g/mol. The van der Waals surface area contributed by atoms with Crippen LogP contribution in [0.4, 0.5) is 0 Å². The summed E-state index contributed by atoms with van der Waals surface area (Å²) in [7, 11) is 1.16. The molecule has 0 N–H and O–H groups in total. The number of alkyl halides is 4. The van der Waals surface area contributed by atoms with Gasteiger partial charge >= 0.3 is 5.97 Å². The Morgan fingerprint density at radius 3 is 2.00 bits per heavy atom. The summed E-state index contributed by atoms with van der Waals surface area (Å²) in [5.41, 5.74) is 0. The molecular weight excluding hydrogens is 222 g/mol. The SMILES string of the molecule is COC(=O)[C@H](Cl)C(Cl)(Cl)Cl. The lowest BCUT2D eigenvalue weighted by Gasteiger charge is -2.14. The van der Waals surface area contributed by atoms with E-state index in [1.807, 2.05) is 0 Å². The number of hydrogen-bond donors (Lipinski definition) is 0. The highest BCUT2D eigenvalue weighted by molar-refractivity contribution is 6.71. The van der Waals surface area contributed by atoms with E-state index in [9.17, 15) is 4.79 Å². The van der Waals surface area contributed by atoms with E-state index < -0.39 is 15.1 Å². The minimum absolute atomic E-state index is 0.762. The van der Waals surface area contributed by atoms with Gasteiger partial charge in [-0.05, 0) is 0 Å². The van der Waals surface area contributed by atoms with Crippen molar-refractivity contribution in [3.63, 3.8) is 0 Å². The minimum Gasteiger partial charge on any atom is -0.468 e. The number of halogens is 4. The molecule has 0 bridgehead atoms. The maximum absolute atomic E-state index is 10.6. The van der Waals surface area contributed by atoms with Crippen LogP contribution in [-0.2, 0) is 9.53 Å². The Balaban J connectivity index is 4.08. The summed E-state index contributed by atoms with van der Waals surface area (Å²) in [5, 5.41) is -1.26. The largest absolute Gasteiger partial charge is 0.468 e. The third-order valence-electron chi connectivity index (χ3n) is 0.696. The first-order valence-electron chi connectivity index (χ1n) is 2.18. The van der Waals surface area contributed by atoms with Crippen molar-refractivity contribution in [3.8, 4) is 0 Å². The third kappa shape index (κ3) is 3.15. The molecule has 0 heterocycles. The number of carbonyl (C=O) groups is 1. The first-order chi connectivity index (χ1) is 4.39. The molecule has 1 atom stereocenters. The molecule has 0 aliphatic rings. The van der Waals surface area contributed by atoms with Gasteiger partial charge in [0.25, 0.3) is 0 Å². The molecule has 60 valence electrons. The summed E-state index contributed by atoms with van der Waals surface area (Å²) in [6, 6.07) is 0. The zero-order valence-electron chi connectivity index (χ0n) is 4.91. The molecule has 6 heteroatoms. The minimum atomic E-state index is -1.81. The summed E-state index contributed by atoms with van der Waals surface area (Å²) < 4.78 is 2.40. The van der Waals surface area contributed by atoms with E-state index in [0.29, 0.717) is 0 Å². The van der Waals surface area contributed by atoms with E-state index in [2.05, 4.69) is 4.74 Å². The van der Waals surface area contributed by atoms with Crippen molar-refractivity contribution < 1.29 is 9.53 Å². The third-order valence-corrected chi connectivity index (χ3v) is 2.19.